The second kappa shape index (κ2) is 11.4. The average molecular weight is 467 g/mol. The standard InChI is InChI=1S/C25H27ClN4O3/c1-3-4-5-6-10-21(31)24(33)27-20-9-7-8-17(15-20)22-16(2)23(32)30-25(29-22)28-19-13-11-18(26)12-14-19/h7-9,11-15H,3-6,10H2,1-2H3,(H,27,33)(H2,28,29,30,32). The smallest absolute Gasteiger partial charge is 0.291 e. The summed E-state index contributed by atoms with van der Waals surface area (Å²) in [6, 6.07) is 13.9. The molecule has 0 fully saturated rings. The Hall–Kier alpha value is -3.45. The van der Waals surface area contributed by atoms with E-state index in [4.69, 9.17) is 11.6 Å². The van der Waals surface area contributed by atoms with Gasteiger partial charge >= 0.3 is 0 Å². The van der Waals surface area contributed by atoms with Crippen LogP contribution in [0.25, 0.3) is 11.3 Å². The molecule has 3 rings (SSSR count). The molecule has 0 aliphatic carbocycles. The maximum Gasteiger partial charge on any atom is 0.291 e. The molecule has 8 heteroatoms. The van der Waals surface area contributed by atoms with Gasteiger partial charge in [-0.1, -0.05) is 49.9 Å². The third-order valence-corrected chi connectivity index (χ3v) is 5.41. The number of H-pyrrole nitrogens is 1. The van der Waals surface area contributed by atoms with E-state index in [1.165, 1.54) is 0 Å². The first kappa shape index (κ1) is 24.2. The molecule has 7 nitrogen and oxygen atoms in total. The summed E-state index contributed by atoms with van der Waals surface area (Å²) in [6.07, 6.45) is 4.00. The number of aromatic amines is 1. The molecule has 0 atom stereocenters. The molecule has 0 aliphatic heterocycles. The van der Waals surface area contributed by atoms with Gasteiger partial charge in [-0.2, -0.15) is 0 Å². The number of rotatable bonds is 10. The summed E-state index contributed by atoms with van der Waals surface area (Å²) < 4.78 is 0. The van der Waals surface area contributed by atoms with Crippen LogP contribution in [0.2, 0.25) is 5.02 Å². The molecule has 0 radical (unpaired) electrons. The van der Waals surface area contributed by atoms with Crippen LogP contribution in [0, 0.1) is 6.92 Å². The molecule has 0 bridgehead atoms. The number of Topliss-reactive ketones (excluding diaryl/α,β-unsaturated/α-hetero) is 1. The number of aromatic nitrogens is 2. The number of ketones is 1. The largest absolute Gasteiger partial charge is 0.326 e. The summed E-state index contributed by atoms with van der Waals surface area (Å²) in [6.45, 7) is 3.77. The lowest BCUT2D eigenvalue weighted by Crippen LogP contribution is -2.22. The van der Waals surface area contributed by atoms with Crippen LogP contribution >= 0.6 is 11.6 Å². The van der Waals surface area contributed by atoms with Crippen LogP contribution in [-0.2, 0) is 9.59 Å². The number of nitrogens with one attached hydrogen (secondary N) is 3. The van der Waals surface area contributed by atoms with Crippen molar-refractivity contribution in [3.63, 3.8) is 0 Å². The van der Waals surface area contributed by atoms with Gasteiger partial charge in [0.2, 0.25) is 11.7 Å². The quantitative estimate of drug-likeness (QED) is 0.265. The number of unbranched alkanes of at least 4 members (excludes halogenated alkanes) is 3. The van der Waals surface area contributed by atoms with E-state index < -0.39 is 11.7 Å². The van der Waals surface area contributed by atoms with Crippen molar-refractivity contribution < 1.29 is 9.59 Å². The Bertz CT molecular complexity index is 1190. The lowest BCUT2D eigenvalue weighted by molar-refractivity contribution is -0.134. The van der Waals surface area contributed by atoms with Gasteiger partial charge in [-0.25, -0.2) is 4.98 Å². The summed E-state index contributed by atoms with van der Waals surface area (Å²) >= 11 is 5.92. The van der Waals surface area contributed by atoms with Crippen LogP contribution in [0.3, 0.4) is 0 Å². The summed E-state index contributed by atoms with van der Waals surface area (Å²) in [7, 11) is 0. The van der Waals surface area contributed by atoms with Crippen LogP contribution in [0.1, 0.15) is 44.6 Å². The first-order chi connectivity index (χ1) is 15.9. The van der Waals surface area contributed by atoms with E-state index in [-0.39, 0.29) is 17.9 Å². The van der Waals surface area contributed by atoms with Gasteiger partial charge in [0.25, 0.3) is 11.5 Å². The Morgan fingerprint density at radius 3 is 2.52 bits per heavy atom. The van der Waals surface area contributed by atoms with Crippen molar-refractivity contribution in [1.29, 1.82) is 0 Å². The van der Waals surface area contributed by atoms with Crippen LogP contribution in [-0.4, -0.2) is 21.7 Å². The van der Waals surface area contributed by atoms with Gasteiger partial charge in [-0.15, -0.1) is 0 Å². The second-order valence-electron chi connectivity index (χ2n) is 7.79. The van der Waals surface area contributed by atoms with Gasteiger partial charge in [0.15, 0.2) is 0 Å². The lowest BCUT2D eigenvalue weighted by atomic mass is 10.1. The fourth-order valence-corrected chi connectivity index (χ4v) is 3.44. The lowest BCUT2D eigenvalue weighted by Gasteiger charge is -2.11. The van der Waals surface area contributed by atoms with Crippen LogP contribution in [0.4, 0.5) is 17.3 Å². The molecule has 33 heavy (non-hydrogen) atoms. The van der Waals surface area contributed by atoms with E-state index in [2.05, 4.69) is 27.5 Å². The molecule has 0 unspecified atom stereocenters. The van der Waals surface area contributed by atoms with Gasteiger partial charge in [0, 0.05) is 33.9 Å². The molecule has 3 aromatic rings. The van der Waals surface area contributed by atoms with Crippen molar-refractivity contribution in [3.8, 4) is 11.3 Å². The molecule has 0 spiro atoms. The number of anilines is 3. The van der Waals surface area contributed by atoms with Crippen LogP contribution in [0.15, 0.2) is 53.3 Å². The summed E-state index contributed by atoms with van der Waals surface area (Å²) in [4.78, 5) is 44.2. The normalized spacial score (nSPS) is 10.6. The molecular formula is C25H27ClN4O3. The number of hydrogen-bond donors (Lipinski definition) is 3. The number of amides is 1. The molecule has 1 heterocycles. The van der Waals surface area contributed by atoms with Crippen LogP contribution in [0.5, 0.6) is 0 Å². The van der Waals surface area contributed by atoms with E-state index >= 15 is 0 Å². The first-order valence-electron chi connectivity index (χ1n) is 11.0. The highest BCUT2D eigenvalue weighted by Crippen LogP contribution is 2.24. The number of hydrogen-bond acceptors (Lipinski definition) is 5. The maximum absolute atomic E-state index is 12.5. The minimum absolute atomic E-state index is 0.236. The van der Waals surface area contributed by atoms with E-state index in [1.807, 2.05) is 0 Å². The summed E-state index contributed by atoms with van der Waals surface area (Å²) in [5.41, 5.74) is 2.45. The van der Waals surface area contributed by atoms with Crippen molar-refractivity contribution in [1.82, 2.24) is 9.97 Å². The summed E-state index contributed by atoms with van der Waals surface area (Å²) in [5.74, 6) is -0.791. The fraction of sp³-hybridized carbons (Fsp3) is 0.280. The minimum Gasteiger partial charge on any atom is -0.326 e. The molecule has 172 valence electrons. The Morgan fingerprint density at radius 1 is 1.03 bits per heavy atom. The highest BCUT2D eigenvalue weighted by molar-refractivity contribution is 6.40. The van der Waals surface area contributed by atoms with Crippen molar-refractivity contribution in [3.05, 3.63) is 69.5 Å². The maximum atomic E-state index is 12.5. The van der Waals surface area contributed by atoms with Gasteiger partial charge < -0.3 is 10.6 Å². The van der Waals surface area contributed by atoms with E-state index in [0.717, 1.165) is 24.9 Å². The van der Waals surface area contributed by atoms with Crippen molar-refractivity contribution >= 4 is 40.6 Å². The minimum atomic E-state index is -0.635. The van der Waals surface area contributed by atoms with E-state index in [1.54, 1.807) is 55.5 Å². The monoisotopic (exact) mass is 466 g/mol. The van der Waals surface area contributed by atoms with Crippen molar-refractivity contribution in [2.45, 2.75) is 46.0 Å². The SMILES string of the molecule is CCCCCCC(=O)C(=O)Nc1cccc(-c2nc(Nc3ccc(Cl)cc3)[nH]c(=O)c2C)c1. The van der Waals surface area contributed by atoms with Gasteiger partial charge in [0.05, 0.1) is 5.69 Å². The van der Waals surface area contributed by atoms with E-state index in [0.29, 0.717) is 34.0 Å². The zero-order chi connectivity index (χ0) is 23.8. The Kier molecular flexibility index (Phi) is 8.38. The molecular weight excluding hydrogens is 440 g/mol. The molecule has 2 aromatic carbocycles. The van der Waals surface area contributed by atoms with E-state index in [9.17, 15) is 14.4 Å². The third kappa shape index (κ3) is 6.76. The number of nitrogens with zero attached hydrogens (tertiary/aromatic N) is 1. The Balaban J connectivity index is 1.78. The second-order valence-corrected chi connectivity index (χ2v) is 8.23. The fourth-order valence-electron chi connectivity index (χ4n) is 3.31. The summed E-state index contributed by atoms with van der Waals surface area (Å²) in [5, 5.41) is 6.32. The zero-order valence-corrected chi connectivity index (χ0v) is 19.5. The molecule has 1 aromatic heterocycles. The number of carbonyl (C=O) groups is 2. The molecule has 0 aliphatic rings. The van der Waals surface area contributed by atoms with Crippen LogP contribution < -0.4 is 16.2 Å². The average Bonchev–Trinajstić information content (AvgIpc) is 2.80. The predicted octanol–water partition coefficient (Wildman–Crippen LogP) is 5.62. The predicted molar refractivity (Wildman–Crippen MR) is 132 cm³/mol. The van der Waals surface area contributed by atoms with Gasteiger partial charge in [-0.3, -0.25) is 19.4 Å². The Labute approximate surface area is 197 Å². The topological polar surface area (TPSA) is 104 Å². The van der Waals surface area contributed by atoms with Gasteiger partial charge in [-0.05, 0) is 49.7 Å². The molecule has 3 N–H and O–H groups in total. The molecule has 0 saturated heterocycles. The first-order valence-corrected chi connectivity index (χ1v) is 11.3. The Morgan fingerprint density at radius 2 is 1.79 bits per heavy atom. The zero-order valence-electron chi connectivity index (χ0n) is 18.7. The highest BCUT2D eigenvalue weighted by Gasteiger charge is 2.15. The molecule has 1 amide bonds. The number of carbonyl (C=O) groups excluding carboxylic acids is 2. The van der Waals surface area contributed by atoms with Crippen molar-refractivity contribution in [2.75, 3.05) is 10.6 Å². The third-order valence-electron chi connectivity index (χ3n) is 5.16. The molecule has 0 saturated carbocycles. The van der Waals surface area contributed by atoms with Crippen molar-refractivity contribution in [2.24, 2.45) is 0 Å². The number of benzene rings is 2. The van der Waals surface area contributed by atoms with Gasteiger partial charge in [0.1, 0.15) is 0 Å². The highest BCUT2D eigenvalue weighted by atomic mass is 35.5. The number of halogens is 1.